The fourth-order valence-electron chi connectivity index (χ4n) is 13.7. The molecule has 0 radical (unpaired) electrons. The monoisotopic (exact) mass is 1060 g/mol. The van der Waals surface area contributed by atoms with Crippen molar-refractivity contribution in [3.63, 3.8) is 0 Å². The normalized spacial score (nSPS) is 12.7. The lowest BCUT2D eigenvalue weighted by atomic mass is 9.33. The van der Waals surface area contributed by atoms with Crippen LogP contribution in [0.5, 0.6) is 0 Å². The van der Waals surface area contributed by atoms with Gasteiger partial charge >= 0.3 is 0 Å². The fourth-order valence-corrected chi connectivity index (χ4v) is 13.7. The molecule has 5 nitrogen and oxygen atoms in total. The number of hydrogen-bond acceptors (Lipinski definition) is 3. The van der Waals surface area contributed by atoms with Gasteiger partial charge in [-0.1, -0.05) is 209 Å². The first-order valence-electron chi connectivity index (χ1n) is 28.7. The Balaban J connectivity index is 1.02. The van der Waals surface area contributed by atoms with Gasteiger partial charge in [-0.25, -0.2) is 0 Å². The molecule has 0 spiro atoms. The van der Waals surface area contributed by atoms with Crippen molar-refractivity contribution < 1.29 is 0 Å². The molecule has 0 atom stereocenters. The van der Waals surface area contributed by atoms with E-state index in [-0.39, 0.29) is 12.1 Å². The molecular formula is C77H54BN5. The maximum Gasteiger partial charge on any atom is 0.252 e. The molecule has 0 amide bonds. The van der Waals surface area contributed by atoms with E-state index in [4.69, 9.17) is 0 Å². The molecular weight excluding hydrogens is 1010 g/mol. The summed E-state index contributed by atoms with van der Waals surface area (Å²) in [5.41, 5.74) is 25.2. The molecule has 2 aliphatic heterocycles. The van der Waals surface area contributed by atoms with Gasteiger partial charge in [0, 0.05) is 66.7 Å². The topological polar surface area (TPSA) is 40.1 Å². The summed E-state index contributed by atoms with van der Waals surface area (Å²) in [5, 5.41) is 15.5. The van der Waals surface area contributed by atoms with E-state index in [0.717, 1.165) is 89.9 Å². The number of nitrogens with zero attached hydrogens (tertiary/aromatic N) is 5. The van der Waals surface area contributed by atoms with E-state index in [1.54, 1.807) is 0 Å². The van der Waals surface area contributed by atoms with Gasteiger partial charge in [0.15, 0.2) is 0 Å². The Hall–Kier alpha value is -10.6. The SMILES string of the molecule is CC(C)(C)c1cc2c3c(c1)N(c1ccccc1-c1ccccc1)c1cc(-n4c5ccccc5c5ccccc54)ccc1B3c1ccc(-c3cc(C#N)ccc3-n3c4ccccc4c4ccccc43)cc1N2c1ccccc1-c1ccccc1. The summed E-state index contributed by atoms with van der Waals surface area (Å²) in [6.45, 7) is 6.85. The zero-order valence-corrected chi connectivity index (χ0v) is 46.3. The van der Waals surface area contributed by atoms with Crippen molar-refractivity contribution in [2.75, 3.05) is 9.80 Å². The molecule has 16 rings (SSSR count). The van der Waals surface area contributed by atoms with Gasteiger partial charge in [0.25, 0.3) is 6.71 Å². The molecule has 4 heterocycles. The molecule has 2 aromatic heterocycles. The molecule has 6 heteroatoms. The van der Waals surface area contributed by atoms with E-state index < -0.39 is 0 Å². The Morgan fingerprint density at radius 3 is 1.29 bits per heavy atom. The van der Waals surface area contributed by atoms with E-state index in [2.05, 4.69) is 313 Å². The van der Waals surface area contributed by atoms with E-state index in [9.17, 15) is 5.26 Å². The van der Waals surface area contributed by atoms with Gasteiger partial charge in [0.1, 0.15) is 0 Å². The number of nitriles is 1. The number of fused-ring (bicyclic) bond motifs is 10. The summed E-state index contributed by atoms with van der Waals surface area (Å²) in [6.07, 6.45) is 0. The Kier molecular flexibility index (Phi) is 10.9. The van der Waals surface area contributed by atoms with Crippen molar-refractivity contribution in [1.29, 1.82) is 5.26 Å². The van der Waals surface area contributed by atoms with Crippen LogP contribution in [0.15, 0.2) is 273 Å². The predicted molar refractivity (Wildman–Crippen MR) is 349 cm³/mol. The van der Waals surface area contributed by atoms with Crippen molar-refractivity contribution in [1.82, 2.24) is 9.13 Å². The number of anilines is 6. The second-order valence-electron chi connectivity index (χ2n) is 23.1. The van der Waals surface area contributed by atoms with Gasteiger partial charge in [0.2, 0.25) is 0 Å². The van der Waals surface area contributed by atoms with Crippen molar-refractivity contribution in [2.24, 2.45) is 0 Å². The Labute approximate surface area is 483 Å². The lowest BCUT2D eigenvalue weighted by Crippen LogP contribution is -2.61. The smallest absolute Gasteiger partial charge is 0.252 e. The molecule has 0 N–H and O–H groups in total. The Bertz CT molecular complexity index is 4890. The molecule has 390 valence electrons. The van der Waals surface area contributed by atoms with E-state index in [1.807, 2.05) is 6.07 Å². The Morgan fingerprint density at radius 2 is 0.783 bits per heavy atom. The number of aromatic nitrogens is 2. The Morgan fingerprint density at radius 1 is 0.337 bits per heavy atom. The van der Waals surface area contributed by atoms with Crippen LogP contribution < -0.4 is 26.2 Å². The van der Waals surface area contributed by atoms with Crippen LogP contribution in [-0.4, -0.2) is 15.8 Å². The van der Waals surface area contributed by atoms with Crippen LogP contribution in [0.3, 0.4) is 0 Å². The molecule has 2 aliphatic rings. The van der Waals surface area contributed by atoms with Crippen molar-refractivity contribution in [3.05, 3.63) is 284 Å². The lowest BCUT2D eigenvalue weighted by Gasteiger charge is -2.46. The quantitative estimate of drug-likeness (QED) is 0.149. The molecule has 14 aromatic rings. The van der Waals surface area contributed by atoms with Crippen LogP contribution in [0, 0.1) is 11.3 Å². The summed E-state index contributed by atoms with van der Waals surface area (Å²) in [4.78, 5) is 5.16. The number of rotatable bonds is 7. The molecule has 0 fully saturated rings. The summed E-state index contributed by atoms with van der Waals surface area (Å²) in [5.74, 6) is 0. The summed E-state index contributed by atoms with van der Waals surface area (Å²) in [7, 11) is 0. The minimum Gasteiger partial charge on any atom is -0.311 e. The fraction of sp³-hybridized carbons (Fsp3) is 0.0519. The van der Waals surface area contributed by atoms with Crippen LogP contribution in [0.4, 0.5) is 34.1 Å². The number of para-hydroxylation sites is 6. The van der Waals surface area contributed by atoms with Gasteiger partial charge in [-0.2, -0.15) is 5.26 Å². The minimum absolute atomic E-state index is 0.178. The summed E-state index contributed by atoms with van der Waals surface area (Å²) < 4.78 is 4.83. The molecule has 83 heavy (non-hydrogen) atoms. The highest BCUT2D eigenvalue weighted by Gasteiger charge is 2.45. The molecule has 12 aromatic carbocycles. The number of benzene rings is 12. The molecule has 0 unspecified atom stereocenters. The van der Waals surface area contributed by atoms with Gasteiger partial charge < -0.3 is 18.9 Å². The maximum atomic E-state index is 10.7. The first-order chi connectivity index (χ1) is 40.8. The van der Waals surface area contributed by atoms with E-state index >= 15 is 0 Å². The number of hydrogen-bond donors (Lipinski definition) is 0. The second kappa shape index (κ2) is 18.7. The van der Waals surface area contributed by atoms with Crippen LogP contribution >= 0.6 is 0 Å². The lowest BCUT2D eigenvalue weighted by molar-refractivity contribution is 0.590. The van der Waals surface area contributed by atoms with Crippen LogP contribution in [-0.2, 0) is 5.41 Å². The second-order valence-corrected chi connectivity index (χ2v) is 23.1. The predicted octanol–water partition coefficient (Wildman–Crippen LogP) is 18.1. The van der Waals surface area contributed by atoms with Crippen LogP contribution in [0.2, 0.25) is 0 Å². The highest BCUT2D eigenvalue weighted by Crippen LogP contribution is 2.51. The molecule has 0 bridgehead atoms. The van der Waals surface area contributed by atoms with Gasteiger partial charge in [-0.3, -0.25) is 0 Å². The first kappa shape index (κ1) is 48.3. The molecule has 0 saturated carbocycles. The zero-order valence-electron chi connectivity index (χ0n) is 46.3. The average Bonchev–Trinajstić information content (AvgIpc) is 3.10. The van der Waals surface area contributed by atoms with Gasteiger partial charge in [0.05, 0.1) is 50.8 Å². The molecule has 0 aliphatic carbocycles. The van der Waals surface area contributed by atoms with Crippen molar-refractivity contribution >= 4 is 101 Å². The maximum absolute atomic E-state index is 10.7. The third kappa shape index (κ3) is 7.48. The summed E-state index contributed by atoms with van der Waals surface area (Å²) in [6, 6.07) is 103. The zero-order chi connectivity index (χ0) is 55.5. The van der Waals surface area contributed by atoms with Crippen molar-refractivity contribution in [3.8, 4) is 50.8 Å². The molecule has 0 saturated heterocycles. The van der Waals surface area contributed by atoms with E-state index in [1.165, 1.54) is 54.5 Å². The van der Waals surface area contributed by atoms with E-state index in [0.29, 0.717) is 5.56 Å². The largest absolute Gasteiger partial charge is 0.311 e. The minimum atomic E-state index is -0.252. The third-order valence-corrected chi connectivity index (χ3v) is 17.5. The highest BCUT2D eigenvalue weighted by molar-refractivity contribution is 7.00. The van der Waals surface area contributed by atoms with Gasteiger partial charge in [-0.15, -0.1) is 0 Å². The summed E-state index contributed by atoms with van der Waals surface area (Å²) >= 11 is 0. The van der Waals surface area contributed by atoms with Crippen LogP contribution in [0.1, 0.15) is 31.9 Å². The van der Waals surface area contributed by atoms with Gasteiger partial charge in [-0.05, 0) is 129 Å². The third-order valence-electron chi connectivity index (χ3n) is 17.5. The van der Waals surface area contributed by atoms with Crippen LogP contribution in [0.25, 0.3) is 88.4 Å². The standard InChI is InChI=1S/C77H54BN5/c1-77(2,3)54-46-74-76-75(47-54)83(66-33-17-11-27-57(66)52-24-8-5-9-25-52)73-48-55(80-67-34-18-12-28-58(67)59-29-13-19-35-68(59)80)40-42-64(73)78(76)63-41-39-53(45-72(63)82(74)65-32-16-10-26-56(65)51-22-6-4-7-23-51)62-44-50(49-79)38-43-71(62)81-69-36-20-14-30-60(69)61-31-15-21-37-70(61)81/h4-48H,1-3H3. The first-order valence-corrected chi connectivity index (χ1v) is 28.7. The highest BCUT2D eigenvalue weighted by atomic mass is 15.2. The van der Waals surface area contributed by atoms with Crippen molar-refractivity contribution in [2.45, 2.75) is 26.2 Å². The average molecular weight is 1060 g/mol.